The van der Waals surface area contributed by atoms with Crippen molar-refractivity contribution in [3.63, 3.8) is 0 Å². The van der Waals surface area contributed by atoms with Crippen molar-refractivity contribution in [2.45, 2.75) is 19.5 Å². The third-order valence-corrected chi connectivity index (χ3v) is 3.87. The van der Waals surface area contributed by atoms with Crippen molar-refractivity contribution < 1.29 is 8.78 Å². The Bertz CT molecular complexity index is 572. The molecule has 0 bridgehead atoms. The van der Waals surface area contributed by atoms with Crippen molar-refractivity contribution in [2.24, 2.45) is 0 Å². The first-order chi connectivity index (χ1) is 9.08. The van der Waals surface area contributed by atoms with E-state index in [0.717, 1.165) is 11.1 Å². The highest BCUT2D eigenvalue weighted by Gasteiger charge is 2.08. The Hall–Kier alpha value is -1.26. The third-order valence-electron chi connectivity index (χ3n) is 2.98. The van der Waals surface area contributed by atoms with E-state index in [4.69, 9.17) is 0 Å². The van der Waals surface area contributed by atoms with Crippen LogP contribution in [0, 0.1) is 11.6 Å². The van der Waals surface area contributed by atoms with E-state index in [2.05, 4.69) is 21.2 Å². The minimum absolute atomic E-state index is 0.00846. The van der Waals surface area contributed by atoms with Gasteiger partial charge in [-0.05, 0) is 52.2 Å². The Morgan fingerprint density at radius 2 is 1.89 bits per heavy atom. The van der Waals surface area contributed by atoms with Crippen molar-refractivity contribution in [1.82, 2.24) is 5.32 Å². The van der Waals surface area contributed by atoms with Crippen LogP contribution in [0.25, 0.3) is 0 Å². The predicted octanol–water partition coefficient (Wildman–Crippen LogP) is 4.58. The van der Waals surface area contributed by atoms with E-state index in [-0.39, 0.29) is 17.7 Å². The Labute approximate surface area is 119 Å². The number of benzene rings is 2. The van der Waals surface area contributed by atoms with Gasteiger partial charge in [-0.1, -0.05) is 24.3 Å². The topological polar surface area (TPSA) is 12.0 Å². The fraction of sp³-hybridized carbons (Fsp3) is 0.200. The maximum atomic E-state index is 13.4. The van der Waals surface area contributed by atoms with Crippen LogP contribution in [-0.4, -0.2) is 0 Å². The van der Waals surface area contributed by atoms with Gasteiger partial charge in [-0.25, -0.2) is 8.78 Å². The molecule has 1 N–H and O–H groups in total. The highest BCUT2D eigenvalue weighted by molar-refractivity contribution is 9.10. The molecule has 0 aromatic heterocycles. The summed E-state index contributed by atoms with van der Waals surface area (Å²) in [7, 11) is 0. The van der Waals surface area contributed by atoms with Crippen LogP contribution in [0.3, 0.4) is 0 Å². The maximum Gasteiger partial charge on any atom is 0.137 e. The Morgan fingerprint density at radius 1 is 1.16 bits per heavy atom. The second-order valence-electron chi connectivity index (χ2n) is 4.37. The summed E-state index contributed by atoms with van der Waals surface area (Å²) < 4.78 is 26.9. The average Bonchev–Trinajstić information content (AvgIpc) is 2.40. The maximum absolute atomic E-state index is 13.4. The highest BCUT2D eigenvalue weighted by atomic mass is 79.9. The molecule has 2 rings (SSSR count). The number of hydrogen-bond donors (Lipinski definition) is 1. The molecule has 0 fully saturated rings. The molecule has 4 heteroatoms. The van der Waals surface area contributed by atoms with Crippen LogP contribution in [0.15, 0.2) is 46.9 Å². The van der Waals surface area contributed by atoms with Gasteiger partial charge in [-0.15, -0.1) is 0 Å². The standard InChI is InChI=1S/C15H14BrF2N/c1-10(11-4-2-6-13(17)8-11)19-9-12-5-3-7-14(18)15(12)16/h2-8,10,19H,9H2,1H3. The summed E-state index contributed by atoms with van der Waals surface area (Å²) in [4.78, 5) is 0. The zero-order valence-corrected chi connectivity index (χ0v) is 12.0. The molecule has 0 heterocycles. The summed E-state index contributed by atoms with van der Waals surface area (Å²) in [5.74, 6) is -0.532. The van der Waals surface area contributed by atoms with E-state index >= 15 is 0 Å². The summed E-state index contributed by atoms with van der Waals surface area (Å²) >= 11 is 3.22. The highest BCUT2D eigenvalue weighted by Crippen LogP contribution is 2.21. The molecule has 0 aliphatic heterocycles. The van der Waals surface area contributed by atoms with Gasteiger partial charge in [0.2, 0.25) is 0 Å². The van der Waals surface area contributed by atoms with Gasteiger partial charge in [0.25, 0.3) is 0 Å². The van der Waals surface area contributed by atoms with Gasteiger partial charge in [0.1, 0.15) is 11.6 Å². The largest absolute Gasteiger partial charge is 0.306 e. The smallest absolute Gasteiger partial charge is 0.137 e. The van der Waals surface area contributed by atoms with E-state index in [9.17, 15) is 8.78 Å². The number of halogens is 3. The first-order valence-corrected chi connectivity index (χ1v) is 6.79. The van der Waals surface area contributed by atoms with Gasteiger partial charge in [0.15, 0.2) is 0 Å². The zero-order chi connectivity index (χ0) is 13.8. The van der Waals surface area contributed by atoms with Crippen molar-refractivity contribution in [3.05, 3.63) is 69.7 Å². The van der Waals surface area contributed by atoms with Gasteiger partial charge in [0, 0.05) is 12.6 Å². The second-order valence-corrected chi connectivity index (χ2v) is 5.16. The lowest BCUT2D eigenvalue weighted by atomic mass is 10.1. The van der Waals surface area contributed by atoms with E-state index < -0.39 is 0 Å². The monoisotopic (exact) mass is 325 g/mol. The van der Waals surface area contributed by atoms with Gasteiger partial charge >= 0.3 is 0 Å². The molecule has 100 valence electrons. The Morgan fingerprint density at radius 3 is 2.63 bits per heavy atom. The summed E-state index contributed by atoms with van der Waals surface area (Å²) in [6, 6.07) is 11.4. The van der Waals surface area contributed by atoms with E-state index in [0.29, 0.717) is 11.0 Å². The predicted molar refractivity (Wildman–Crippen MR) is 75.8 cm³/mol. The molecule has 0 aliphatic carbocycles. The zero-order valence-electron chi connectivity index (χ0n) is 10.5. The van der Waals surface area contributed by atoms with Crippen LogP contribution in [0.5, 0.6) is 0 Å². The molecule has 2 aromatic rings. The molecule has 19 heavy (non-hydrogen) atoms. The number of rotatable bonds is 4. The van der Waals surface area contributed by atoms with Gasteiger partial charge in [-0.3, -0.25) is 0 Å². The molecule has 0 aliphatic rings. The quantitative estimate of drug-likeness (QED) is 0.867. The van der Waals surface area contributed by atoms with Crippen LogP contribution in [0.4, 0.5) is 8.78 Å². The molecule has 0 saturated carbocycles. The van der Waals surface area contributed by atoms with E-state index in [1.165, 1.54) is 18.2 Å². The number of nitrogens with one attached hydrogen (secondary N) is 1. The normalized spacial score (nSPS) is 12.4. The first kappa shape index (κ1) is 14.2. The average molecular weight is 326 g/mol. The van der Waals surface area contributed by atoms with Crippen molar-refractivity contribution >= 4 is 15.9 Å². The van der Waals surface area contributed by atoms with Crippen LogP contribution in [0.1, 0.15) is 24.1 Å². The Balaban J connectivity index is 2.04. The van der Waals surface area contributed by atoms with Crippen LogP contribution in [0.2, 0.25) is 0 Å². The summed E-state index contributed by atoms with van der Waals surface area (Å²) in [5, 5.41) is 3.25. The minimum atomic E-state index is -0.280. The lowest BCUT2D eigenvalue weighted by Gasteiger charge is -2.15. The molecule has 1 nitrogen and oxygen atoms in total. The Kier molecular flexibility index (Phi) is 4.66. The molecule has 0 saturated heterocycles. The molecule has 2 aromatic carbocycles. The van der Waals surface area contributed by atoms with Crippen LogP contribution in [-0.2, 0) is 6.54 Å². The van der Waals surface area contributed by atoms with Gasteiger partial charge < -0.3 is 5.32 Å². The van der Waals surface area contributed by atoms with E-state index in [1.807, 2.05) is 19.1 Å². The fourth-order valence-electron chi connectivity index (χ4n) is 1.84. The molecule has 1 atom stereocenters. The summed E-state index contributed by atoms with van der Waals surface area (Å²) in [6.45, 7) is 2.46. The first-order valence-electron chi connectivity index (χ1n) is 5.99. The van der Waals surface area contributed by atoms with Crippen molar-refractivity contribution in [2.75, 3.05) is 0 Å². The SMILES string of the molecule is CC(NCc1cccc(F)c1Br)c1cccc(F)c1. The van der Waals surface area contributed by atoms with Crippen molar-refractivity contribution in [3.8, 4) is 0 Å². The molecule has 1 unspecified atom stereocenters. The summed E-state index contributed by atoms with van der Waals surface area (Å²) in [5.41, 5.74) is 1.70. The molecular weight excluding hydrogens is 312 g/mol. The van der Waals surface area contributed by atoms with E-state index in [1.54, 1.807) is 12.1 Å². The second kappa shape index (κ2) is 6.26. The molecular formula is C15H14BrF2N. The molecule has 0 amide bonds. The third kappa shape index (κ3) is 3.61. The number of hydrogen-bond acceptors (Lipinski definition) is 1. The van der Waals surface area contributed by atoms with Crippen LogP contribution < -0.4 is 5.32 Å². The van der Waals surface area contributed by atoms with Gasteiger partial charge in [0.05, 0.1) is 4.47 Å². The summed E-state index contributed by atoms with van der Waals surface area (Å²) in [6.07, 6.45) is 0. The molecule has 0 radical (unpaired) electrons. The minimum Gasteiger partial charge on any atom is -0.306 e. The fourth-order valence-corrected chi connectivity index (χ4v) is 2.25. The van der Waals surface area contributed by atoms with Crippen LogP contribution >= 0.6 is 15.9 Å². The lowest BCUT2D eigenvalue weighted by molar-refractivity contribution is 0.559. The lowest BCUT2D eigenvalue weighted by Crippen LogP contribution is -2.18. The van der Waals surface area contributed by atoms with Gasteiger partial charge in [-0.2, -0.15) is 0 Å². The van der Waals surface area contributed by atoms with Crippen molar-refractivity contribution in [1.29, 1.82) is 0 Å². The molecule has 0 spiro atoms.